The molecule has 1 aliphatic rings. The molecule has 0 spiro atoms. The van der Waals surface area contributed by atoms with Crippen LogP contribution < -0.4 is 10.6 Å². The molecule has 0 aromatic heterocycles. The summed E-state index contributed by atoms with van der Waals surface area (Å²) < 4.78 is 5.37. The Morgan fingerprint density at radius 1 is 1.47 bits per heavy atom. The van der Waals surface area contributed by atoms with E-state index in [1.807, 2.05) is 20.8 Å². The topological polar surface area (TPSA) is 50.4 Å². The summed E-state index contributed by atoms with van der Waals surface area (Å²) in [6, 6.07) is 0.160. The molecule has 0 bridgehead atoms. The molecule has 1 amide bonds. The Morgan fingerprint density at radius 3 is 2.59 bits per heavy atom. The molecule has 0 aromatic carbocycles. The van der Waals surface area contributed by atoms with Crippen molar-refractivity contribution in [1.82, 2.24) is 10.6 Å². The van der Waals surface area contributed by atoms with E-state index < -0.39 is 0 Å². The second-order valence-electron chi connectivity index (χ2n) is 5.60. The van der Waals surface area contributed by atoms with Crippen molar-refractivity contribution in [2.24, 2.45) is 5.92 Å². The molecule has 1 unspecified atom stereocenters. The SMILES string of the molecule is COC(C)(C)CC(C)NC(=O)C1CCNCC1. The number of nitrogens with one attached hydrogen (secondary N) is 2. The molecule has 0 aromatic rings. The zero-order valence-corrected chi connectivity index (χ0v) is 11.5. The Morgan fingerprint density at radius 2 is 2.06 bits per heavy atom. The minimum Gasteiger partial charge on any atom is -0.379 e. The molecule has 4 heteroatoms. The van der Waals surface area contributed by atoms with Crippen molar-refractivity contribution in [2.75, 3.05) is 20.2 Å². The molecule has 0 aliphatic carbocycles. The summed E-state index contributed by atoms with van der Waals surface area (Å²) in [6.07, 6.45) is 2.73. The van der Waals surface area contributed by atoms with E-state index >= 15 is 0 Å². The van der Waals surface area contributed by atoms with Gasteiger partial charge in [-0.25, -0.2) is 0 Å². The molecule has 2 N–H and O–H groups in total. The highest BCUT2D eigenvalue weighted by Gasteiger charge is 2.25. The van der Waals surface area contributed by atoms with Crippen molar-refractivity contribution >= 4 is 5.91 Å². The van der Waals surface area contributed by atoms with Crippen molar-refractivity contribution in [1.29, 1.82) is 0 Å². The van der Waals surface area contributed by atoms with Crippen LogP contribution >= 0.6 is 0 Å². The highest BCUT2D eigenvalue weighted by Crippen LogP contribution is 2.17. The number of ether oxygens (including phenoxy) is 1. The van der Waals surface area contributed by atoms with Gasteiger partial charge in [-0.3, -0.25) is 4.79 Å². The maximum Gasteiger partial charge on any atom is 0.223 e. The number of hydrogen-bond acceptors (Lipinski definition) is 3. The van der Waals surface area contributed by atoms with Crippen LogP contribution in [0.4, 0.5) is 0 Å². The van der Waals surface area contributed by atoms with Crippen LogP contribution in [0.15, 0.2) is 0 Å². The van der Waals surface area contributed by atoms with Gasteiger partial charge in [-0.2, -0.15) is 0 Å². The van der Waals surface area contributed by atoms with Crippen molar-refractivity contribution in [2.45, 2.75) is 51.7 Å². The predicted octanol–water partition coefficient (Wildman–Crippen LogP) is 1.31. The van der Waals surface area contributed by atoms with Gasteiger partial charge >= 0.3 is 0 Å². The third kappa shape index (κ3) is 5.04. The number of methoxy groups -OCH3 is 1. The number of carbonyl (C=O) groups is 1. The van der Waals surface area contributed by atoms with Crippen molar-refractivity contribution in [3.63, 3.8) is 0 Å². The molecular formula is C13H26N2O2. The Hall–Kier alpha value is -0.610. The summed E-state index contributed by atoms with van der Waals surface area (Å²) in [4.78, 5) is 12.0. The van der Waals surface area contributed by atoms with E-state index in [0.29, 0.717) is 0 Å². The second-order valence-corrected chi connectivity index (χ2v) is 5.60. The van der Waals surface area contributed by atoms with Crippen molar-refractivity contribution in [3.05, 3.63) is 0 Å². The molecule has 1 saturated heterocycles. The van der Waals surface area contributed by atoms with Gasteiger partial charge in [0.15, 0.2) is 0 Å². The van der Waals surface area contributed by atoms with E-state index in [-0.39, 0.29) is 23.5 Å². The van der Waals surface area contributed by atoms with Gasteiger partial charge in [-0.15, -0.1) is 0 Å². The minimum absolute atomic E-state index is 0.160. The number of amides is 1. The maximum absolute atomic E-state index is 12.0. The summed E-state index contributed by atoms with van der Waals surface area (Å²) in [5.74, 6) is 0.385. The molecule has 4 nitrogen and oxygen atoms in total. The first-order valence-corrected chi connectivity index (χ1v) is 6.51. The van der Waals surface area contributed by atoms with E-state index in [9.17, 15) is 4.79 Å². The highest BCUT2D eigenvalue weighted by molar-refractivity contribution is 5.79. The Bertz CT molecular complexity index is 248. The van der Waals surface area contributed by atoms with Gasteiger partial charge in [0, 0.05) is 19.1 Å². The average Bonchev–Trinajstić information content (AvgIpc) is 2.29. The first-order valence-electron chi connectivity index (χ1n) is 6.51. The lowest BCUT2D eigenvalue weighted by molar-refractivity contribution is -0.126. The summed E-state index contributed by atoms with van der Waals surface area (Å²) in [7, 11) is 1.71. The fraction of sp³-hybridized carbons (Fsp3) is 0.923. The third-order valence-electron chi connectivity index (χ3n) is 3.45. The van der Waals surface area contributed by atoms with Crippen molar-refractivity contribution < 1.29 is 9.53 Å². The minimum atomic E-state index is -0.180. The van der Waals surface area contributed by atoms with Crippen LogP contribution in [-0.2, 0) is 9.53 Å². The molecule has 1 fully saturated rings. The lowest BCUT2D eigenvalue weighted by atomic mass is 9.95. The van der Waals surface area contributed by atoms with Gasteiger partial charge in [-0.1, -0.05) is 0 Å². The Balaban J connectivity index is 2.34. The molecule has 17 heavy (non-hydrogen) atoms. The fourth-order valence-electron chi connectivity index (χ4n) is 2.32. The molecule has 1 aliphatic heterocycles. The molecule has 1 rings (SSSR count). The van der Waals surface area contributed by atoms with Crippen LogP contribution in [0.1, 0.15) is 40.0 Å². The van der Waals surface area contributed by atoms with Gasteiger partial charge in [-0.05, 0) is 53.1 Å². The van der Waals surface area contributed by atoms with Gasteiger partial charge in [0.05, 0.1) is 5.60 Å². The lowest BCUT2D eigenvalue weighted by Gasteiger charge is -2.29. The quantitative estimate of drug-likeness (QED) is 0.764. The first kappa shape index (κ1) is 14.5. The summed E-state index contributed by atoms with van der Waals surface area (Å²) in [6.45, 7) is 8.03. The van der Waals surface area contributed by atoms with Crippen LogP contribution in [0, 0.1) is 5.92 Å². The maximum atomic E-state index is 12.0. The third-order valence-corrected chi connectivity index (χ3v) is 3.45. The number of hydrogen-bond donors (Lipinski definition) is 2. The second kappa shape index (κ2) is 6.36. The van der Waals surface area contributed by atoms with Gasteiger partial charge in [0.1, 0.15) is 0 Å². The average molecular weight is 242 g/mol. The monoisotopic (exact) mass is 242 g/mol. The van der Waals surface area contributed by atoms with Crippen LogP contribution in [0.2, 0.25) is 0 Å². The van der Waals surface area contributed by atoms with Gasteiger partial charge < -0.3 is 15.4 Å². The molecule has 0 radical (unpaired) electrons. The molecule has 1 heterocycles. The normalized spacial score (nSPS) is 20.0. The van der Waals surface area contributed by atoms with Crippen LogP contribution in [0.25, 0.3) is 0 Å². The zero-order chi connectivity index (χ0) is 12.9. The smallest absolute Gasteiger partial charge is 0.223 e. The first-order chi connectivity index (χ1) is 7.94. The summed E-state index contributed by atoms with van der Waals surface area (Å²) in [5.41, 5.74) is -0.180. The summed E-state index contributed by atoms with van der Waals surface area (Å²) in [5, 5.41) is 6.36. The largest absolute Gasteiger partial charge is 0.379 e. The van der Waals surface area contributed by atoms with Crippen molar-refractivity contribution in [3.8, 4) is 0 Å². The molecular weight excluding hydrogens is 216 g/mol. The Labute approximate surface area is 104 Å². The lowest BCUT2D eigenvalue weighted by Crippen LogP contribution is -2.44. The van der Waals surface area contributed by atoms with Crippen LogP contribution in [0.5, 0.6) is 0 Å². The standard InChI is InChI=1S/C13H26N2O2/c1-10(9-13(2,3)17-4)15-12(16)11-5-7-14-8-6-11/h10-11,14H,5-9H2,1-4H3,(H,15,16). The zero-order valence-electron chi connectivity index (χ0n) is 11.5. The molecule has 1 atom stereocenters. The molecule has 100 valence electrons. The number of rotatable bonds is 5. The highest BCUT2D eigenvalue weighted by atomic mass is 16.5. The van der Waals surface area contributed by atoms with Gasteiger partial charge in [0.25, 0.3) is 0 Å². The van der Waals surface area contributed by atoms with E-state index in [1.54, 1.807) is 7.11 Å². The molecule has 0 saturated carbocycles. The number of piperidine rings is 1. The fourth-order valence-corrected chi connectivity index (χ4v) is 2.32. The van der Waals surface area contributed by atoms with Gasteiger partial charge in [0.2, 0.25) is 5.91 Å². The van der Waals surface area contributed by atoms with E-state index in [2.05, 4.69) is 10.6 Å². The predicted molar refractivity (Wildman–Crippen MR) is 68.9 cm³/mol. The summed E-state index contributed by atoms with van der Waals surface area (Å²) >= 11 is 0. The Kier molecular flexibility index (Phi) is 5.40. The van der Waals surface area contributed by atoms with Crippen LogP contribution in [-0.4, -0.2) is 37.7 Å². The number of carbonyl (C=O) groups excluding carboxylic acids is 1. The van der Waals surface area contributed by atoms with E-state index in [0.717, 1.165) is 32.4 Å². The van der Waals surface area contributed by atoms with E-state index in [4.69, 9.17) is 4.74 Å². The van der Waals surface area contributed by atoms with Crippen LogP contribution in [0.3, 0.4) is 0 Å². The van der Waals surface area contributed by atoms with E-state index in [1.165, 1.54) is 0 Å².